The zero-order valence-corrected chi connectivity index (χ0v) is 15.5. The zero-order chi connectivity index (χ0) is 18.7. The Kier molecular flexibility index (Phi) is 5.74. The van der Waals surface area contributed by atoms with Crippen LogP contribution in [0, 0.1) is 5.82 Å². The Morgan fingerprint density at radius 1 is 1.12 bits per heavy atom. The summed E-state index contributed by atoms with van der Waals surface area (Å²) >= 11 is 0. The Bertz CT molecular complexity index is 746. The highest BCUT2D eigenvalue weighted by Gasteiger charge is 2.34. The molecule has 0 saturated carbocycles. The van der Waals surface area contributed by atoms with Crippen molar-refractivity contribution in [2.24, 2.45) is 0 Å². The van der Waals surface area contributed by atoms with E-state index in [0.29, 0.717) is 12.1 Å². The van der Waals surface area contributed by atoms with Crippen LogP contribution in [0.25, 0.3) is 0 Å². The summed E-state index contributed by atoms with van der Waals surface area (Å²) in [6, 6.07) is 14.8. The van der Waals surface area contributed by atoms with E-state index < -0.39 is 0 Å². The predicted octanol–water partition coefficient (Wildman–Crippen LogP) is 4.20. The van der Waals surface area contributed by atoms with E-state index in [0.717, 1.165) is 30.8 Å². The second-order valence-electron chi connectivity index (χ2n) is 7.19. The predicted molar refractivity (Wildman–Crippen MR) is 104 cm³/mol. The van der Waals surface area contributed by atoms with Gasteiger partial charge in [0.2, 0.25) is 0 Å². The largest absolute Gasteiger partial charge is 0.508 e. The number of benzene rings is 2. The fourth-order valence-electron chi connectivity index (χ4n) is 3.92. The van der Waals surface area contributed by atoms with Crippen molar-refractivity contribution in [2.75, 3.05) is 19.6 Å². The van der Waals surface area contributed by atoms with Crippen molar-refractivity contribution >= 4 is 0 Å². The molecule has 2 aromatic carbocycles. The molecule has 1 saturated heterocycles. The molecule has 0 aromatic heterocycles. The third-order valence-corrected chi connectivity index (χ3v) is 5.23. The van der Waals surface area contributed by atoms with Crippen LogP contribution in [0.3, 0.4) is 0 Å². The van der Waals surface area contributed by atoms with Crippen molar-refractivity contribution in [1.82, 2.24) is 9.80 Å². The molecular formula is C22H27FN2O. The fourth-order valence-corrected chi connectivity index (χ4v) is 3.92. The lowest BCUT2D eigenvalue weighted by Crippen LogP contribution is -2.57. The molecule has 1 heterocycles. The Hall–Kier alpha value is -2.17. The SMILES string of the molecule is C=CCN1C[C@H](C)N([C@H](c2ccc(F)cc2)c2cccc(O)c2)C[C@H]1C. The summed E-state index contributed by atoms with van der Waals surface area (Å²) in [6.45, 7) is 11.0. The van der Waals surface area contributed by atoms with Gasteiger partial charge >= 0.3 is 0 Å². The molecule has 1 N–H and O–H groups in total. The Morgan fingerprint density at radius 2 is 1.85 bits per heavy atom. The lowest BCUT2D eigenvalue weighted by molar-refractivity contribution is 0.0306. The van der Waals surface area contributed by atoms with E-state index in [2.05, 4.69) is 30.2 Å². The van der Waals surface area contributed by atoms with Crippen LogP contribution < -0.4 is 0 Å². The maximum atomic E-state index is 13.5. The van der Waals surface area contributed by atoms with Crippen LogP contribution in [-0.4, -0.2) is 46.6 Å². The third kappa shape index (κ3) is 3.97. The molecule has 0 aliphatic carbocycles. The second kappa shape index (κ2) is 8.02. The maximum absolute atomic E-state index is 13.5. The molecule has 4 heteroatoms. The van der Waals surface area contributed by atoms with Crippen LogP contribution in [0.1, 0.15) is 31.0 Å². The van der Waals surface area contributed by atoms with Crippen LogP contribution in [-0.2, 0) is 0 Å². The van der Waals surface area contributed by atoms with E-state index >= 15 is 0 Å². The Morgan fingerprint density at radius 3 is 2.50 bits per heavy atom. The van der Waals surface area contributed by atoms with Gasteiger partial charge in [0, 0.05) is 31.7 Å². The van der Waals surface area contributed by atoms with Gasteiger partial charge in [-0.2, -0.15) is 0 Å². The van der Waals surface area contributed by atoms with E-state index in [4.69, 9.17) is 0 Å². The number of phenols is 1. The fraction of sp³-hybridized carbons (Fsp3) is 0.364. The number of aromatic hydroxyl groups is 1. The quantitative estimate of drug-likeness (QED) is 0.815. The molecule has 1 aliphatic heterocycles. The molecule has 0 spiro atoms. The van der Waals surface area contributed by atoms with E-state index in [1.54, 1.807) is 6.07 Å². The van der Waals surface area contributed by atoms with Crippen molar-refractivity contribution in [3.8, 4) is 5.75 Å². The summed E-state index contributed by atoms with van der Waals surface area (Å²) in [5, 5.41) is 9.98. The van der Waals surface area contributed by atoms with Gasteiger partial charge in [-0.05, 0) is 49.2 Å². The summed E-state index contributed by atoms with van der Waals surface area (Å²) in [5.74, 6) is 0.0150. The van der Waals surface area contributed by atoms with Crippen molar-refractivity contribution in [2.45, 2.75) is 32.0 Å². The van der Waals surface area contributed by atoms with Crippen LogP contribution >= 0.6 is 0 Å². The molecule has 26 heavy (non-hydrogen) atoms. The van der Waals surface area contributed by atoms with Gasteiger partial charge in [0.1, 0.15) is 11.6 Å². The highest BCUT2D eigenvalue weighted by atomic mass is 19.1. The average Bonchev–Trinajstić information content (AvgIpc) is 2.61. The van der Waals surface area contributed by atoms with Gasteiger partial charge < -0.3 is 5.11 Å². The number of piperazine rings is 1. The van der Waals surface area contributed by atoms with Gasteiger partial charge in [-0.15, -0.1) is 6.58 Å². The molecule has 0 amide bonds. The highest BCUT2D eigenvalue weighted by Crippen LogP contribution is 2.34. The van der Waals surface area contributed by atoms with Gasteiger partial charge in [0.15, 0.2) is 0 Å². The van der Waals surface area contributed by atoms with Gasteiger partial charge in [-0.1, -0.05) is 30.3 Å². The molecule has 0 unspecified atom stereocenters. The first-order chi connectivity index (χ1) is 12.5. The van der Waals surface area contributed by atoms with E-state index in [9.17, 15) is 9.50 Å². The van der Waals surface area contributed by atoms with Gasteiger partial charge in [0.25, 0.3) is 0 Å². The first kappa shape index (κ1) is 18.6. The van der Waals surface area contributed by atoms with Crippen LogP contribution in [0.15, 0.2) is 61.2 Å². The maximum Gasteiger partial charge on any atom is 0.123 e. The second-order valence-corrected chi connectivity index (χ2v) is 7.19. The average molecular weight is 354 g/mol. The number of halogens is 1. The normalized spacial score (nSPS) is 22.9. The standard InChI is InChI=1S/C22H27FN2O/c1-4-12-24-14-17(3)25(15-16(24)2)22(18-8-10-20(23)11-9-18)19-6-5-7-21(26)13-19/h4-11,13,16-17,22,26H,1,12,14-15H2,2-3H3/t16-,17+,22-/m1/s1. The van der Waals surface area contributed by atoms with Crippen molar-refractivity contribution in [3.05, 3.63) is 78.1 Å². The molecule has 1 aliphatic rings. The molecule has 0 radical (unpaired) electrons. The van der Waals surface area contributed by atoms with E-state index in [1.165, 1.54) is 12.1 Å². The van der Waals surface area contributed by atoms with Gasteiger partial charge in [0.05, 0.1) is 6.04 Å². The van der Waals surface area contributed by atoms with Crippen molar-refractivity contribution in [1.29, 1.82) is 0 Å². The summed E-state index contributed by atoms with van der Waals surface area (Å²) in [5.41, 5.74) is 2.06. The monoisotopic (exact) mass is 354 g/mol. The Labute approximate surface area is 155 Å². The van der Waals surface area contributed by atoms with Crippen LogP contribution in [0.4, 0.5) is 4.39 Å². The molecular weight excluding hydrogens is 327 g/mol. The number of hydrogen-bond donors (Lipinski definition) is 1. The molecule has 3 atom stereocenters. The summed E-state index contributed by atoms with van der Waals surface area (Å²) in [6.07, 6.45) is 1.95. The molecule has 2 aromatic rings. The van der Waals surface area contributed by atoms with Gasteiger partial charge in [-0.25, -0.2) is 4.39 Å². The summed E-state index contributed by atoms with van der Waals surface area (Å²) in [7, 11) is 0. The van der Waals surface area contributed by atoms with Crippen molar-refractivity contribution < 1.29 is 9.50 Å². The number of rotatable bonds is 5. The molecule has 138 valence electrons. The van der Waals surface area contributed by atoms with E-state index in [-0.39, 0.29) is 17.6 Å². The smallest absolute Gasteiger partial charge is 0.123 e. The minimum Gasteiger partial charge on any atom is -0.508 e. The molecule has 1 fully saturated rings. The third-order valence-electron chi connectivity index (χ3n) is 5.23. The Balaban J connectivity index is 1.98. The lowest BCUT2D eigenvalue weighted by Gasteiger charge is -2.47. The first-order valence-electron chi connectivity index (χ1n) is 9.14. The number of phenolic OH excluding ortho intramolecular Hbond substituents is 1. The molecule has 3 nitrogen and oxygen atoms in total. The molecule has 3 rings (SSSR count). The van der Waals surface area contributed by atoms with Gasteiger partial charge in [-0.3, -0.25) is 9.80 Å². The van der Waals surface area contributed by atoms with Crippen LogP contribution in [0.5, 0.6) is 5.75 Å². The highest BCUT2D eigenvalue weighted by molar-refractivity contribution is 5.36. The summed E-state index contributed by atoms with van der Waals surface area (Å²) in [4.78, 5) is 4.88. The first-order valence-corrected chi connectivity index (χ1v) is 9.14. The summed E-state index contributed by atoms with van der Waals surface area (Å²) < 4.78 is 13.5. The number of nitrogens with zero attached hydrogens (tertiary/aromatic N) is 2. The minimum atomic E-state index is -0.236. The zero-order valence-electron chi connectivity index (χ0n) is 15.5. The van der Waals surface area contributed by atoms with Crippen molar-refractivity contribution in [3.63, 3.8) is 0 Å². The lowest BCUT2D eigenvalue weighted by atomic mass is 9.93. The van der Waals surface area contributed by atoms with E-state index in [1.807, 2.05) is 36.4 Å². The van der Waals surface area contributed by atoms with Crippen LogP contribution in [0.2, 0.25) is 0 Å². The minimum absolute atomic E-state index is 0.0222. The number of hydrogen-bond acceptors (Lipinski definition) is 3. The molecule has 0 bridgehead atoms. The topological polar surface area (TPSA) is 26.7 Å².